The van der Waals surface area contributed by atoms with Crippen LogP contribution >= 0.6 is 0 Å². The minimum Gasteiger partial charge on any atom is -0.327 e. The first-order valence-electron chi connectivity index (χ1n) is 6.46. The van der Waals surface area contributed by atoms with Gasteiger partial charge in [-0.3, -0.25) is 0 Å². The van der Waals surface area contributed by atoms with Crippen molar-refractivity contribution in [2.45, 2.75) is 65.3 Å². The van der Waals surface area contributed by atoms with Crippen LogP contribution in [0.5, 0.6) is 0 Å². The van der Waals surface area contributed by atoms with E-state index in [1.807, 2.05) is 0 Å². The summed E-state index contributed by atoms with van der Waals surface area (Å²) in [5.74, 6) is 2.42. The lowest BCUT2D eigenvalue weighted by Gasteiger charge is -2.37. The van der Waals surface area contributed by atoms with Crippen molar-refractivity contribution in [2.24, 2.45) is 23.5 Å². The summed E-state index contributed by atoms with van der Waals surface area (Å²) in [6.45, 7) is 6.90. The molecule has 1 saturated carbocycles. The predicted octanol–water partition coefficient (Wildman–Crippen LogP) is 3.58. The highest BCUT2D eigenvalue weighted by Gasteiger charge is 2.30. The summed E-state index contributed by atoms with van der Waals surface area (Å²) in [6.07, 6.45) is 8.20. The summed E-state index contributed by atoms with van der Waals surface area (Å²) >= 11 is 0. The van der Waals surface area contributed by atoms with Gasteiger partial charge in [0, 0.05) is 6.04 Å². The molecule has 1 aliphatic rings. The second kappa shape index (κ2) is 5.75. The lowest BCUT2D eigenvalue weighted by Crippen LogP contribution is -2.41. The predicted molar refractivity (Wildman–Crippen MR) is 63.2 cm³/mol. The summed E-state index contributed by atoms with van der Waals surface area (Å²) < 4.78 is 0. The van der Waals surface area contributed by atoms with Gasteiger partial charge < -0.3 is 5.73 Å². The van der Waals surface area contributed by atoms with Gasteiger partial charge in [-0.25, -0.2) is 0 Å². The van der Waals surface area contributed by atoms with E-state index in [2.05, 4.69) is 20.8 Å². The highest BCUT2D eigenvalue weighted by Crippen LogP contribution is 2.36. The van der Waals surface area contributed by atoms with Gasteiger partial charge in [-0.2, -0.15) is 0 Å². The summed E-state index contributed by atoms with van der Waals surface area (Å²) in [5.41, 5.74) is 6.37. The number of hydrogen-bond donors (Lipinski definition) is 1. The second-order valence-corrected chi connectivity index (χ2v) is 5.08. The van der Waals surface area contributed by atoms with E-state index in [1.165, 1.54) is 38.5 Å². The Morgan fingerprint density at radius 3 is 2.43 bits per heavy atom. The molecule has 4 unspecified atom stereocenters. The lowest BCUT2D eigenvalue weighted by atomic mass is 9.71. The van der Waals surface area contributed by atoms with Crippen molar-refractivity contribution < 1.29 is 0 Å². The molecule has 1 nitrogen and oxygen atoms in total. The average Bonchev–Trinajstić information content (AvgIpc) is 2.26. The molecule has 0 spiro atoms. The average molecular weight is 197 g/mol. The van der Waals surface area contributed by atoms with E-state index in [1.54, 1.807) is 0 Å². The van der Waals surface area contributed by atoms with E-state index in [0.717, 1.165) is 11.8 Å². The van der Waals surface area contributed by atoms with Crippen LogP contribution in [0.4, 0.5) is 0 Å². The van der Waals surface area contributed by atoms with Crippen LogP contribution in [0.3, 0.4) is 0 Å². The van der Waals surface area contributed by atoms with Gasteiger partial charge in [0.1, 0.15) is 0 Å². The molecule has 14 heavy (non-hydrogen) atoms. The van der Waals surface area contributed by atoms with Crippen molar-refractivity contribution in [3.8, 4) is 0 Å². The van der Waals surface area contributed by atoms with Gasteiger partial charge in [0.15, 0.2) is 0 Å². The van der Waals surface area contributed by atoms with Gasteiger partial charge >= 0.3 is 0 Å². The largest absolute Gasteiger partial charge is 0.327 e. The zero-order valence-corrected chi connectivity index (χ0v) is 10.1. The van der Waals surface area contributed by atoms with Crippen LogP contribution in [0.1, 0.15) is 59.3 Å². The minimum absolute atomic E-state index is 0.449. The number of hydrogen-bond acceptors (Lipinski definition) is 1. The van der Waals surface area contributed by atoms with Crippen LogP contribution < -0.4 is 5.73 Å². The molecule has 1 heteroatoms. The van der Waals surface area contributed by atoms with Crippen LogP contribution in [-0.4, -0.2) is 6.04 Å². The minimum atomic E-state index is 0.449. The Morgan fingerprint density at radius 1 is 1.21 bits per heavy atom. The quantitative estimate of drug-likeness (QED) is 0.732. The number of rotatable bonds is 4. The Hall–Kier alpha value is -0.0400. The maximum Gasteiger partial charge on any atom is 0.00955 e. The van der Waals surface area contributed by atoms with E-state index in [-0.39, 0.29) is 0 Å². The molecule has 0 radical (unpaired) electrons. The first-order chi connectivity index (χ1) is 6.70. The zero-order chi connectivity index (χ0) is 10.6. The standard InChI is InChI=1S/C13H27N/c1-4-10(3)13(14)12-9-7-6-8-11(12)5-2/h10-13H,4-9,14H2,1-3H3. The fraction of sp³-hybridized carbons (Fsp3) is 1.00. The van der Waals surface area contributed by atoms with Crippen molar-refractivity contribution >= 4 is 0 Å². The van der Waals surface area contributed by atoms with Crippen molar-refractivity contribution in [3.05, 3.63) is 0 Å². The van der Waals surface area contributed by atoms with Crippen molar-refractivity contribution in [2.75, 3.05) is 0 Å². The van der Waals surface area contributed by atoms with Crippen LogP contribution in [0.15, 0.2) is 0 Å². The fourth-order valence-corrected chi connectivity index (χ4v) is 2.94. The van der Waals surface area contributed by atoms with Crippen LogP contribution in [-0.2, 0) is 0 Å². The van der Waals surface area contributed by atoms with E-state index in [4.69, 9.17) is 5.73 Å². The molecule has 2 N–H and O–H groups in total. The van der Waals surface area contributed by atoms with Gasteiger partial charge in [0.25, 0.3) is 0 Å². The third kappa shape index (κ3) is 2.73. The van der Waals surface area contributed by atoms with E-state index < -0.39 is 0 Å². The molecule has 0 amide bonds. The van der Waals surface area contributed by atoms with Gasteiger partial charge in [-0.1, -0.05) is 52.9 Å². The molecule has 0 aliphatic heterocycles. The highest BCUT2D eigenvalue weighted by atomic mass is 14.7. The van der Waals surface area contributed by atoms with Crippen molar-refractivity contribution in [3.63, 3.8) is 0 Å². The molecule has 0 saturated heterocycles. The van der Waals surface area contributed by atoms with Crippen molar-refractivity contribution in [1.82, 2.24) is 0 Å². The van der Waals surface area contributed by atoms with E-state index >= 15 is 0 Å². The molecular formula is C13H27N. The third-order valence-electron chi connectivity index (χ3n) is 4.29. The Bertz CT molecular complexity index is 155. The Kier molecular flexibility index (Phi) is 4.94. The Morgan fingerprint density at radius 2 is 1.86 bits per heavy atom. The normalized spacial score (nSPS) is 32.6. The van der Waals surface area contributed by atoms with E-state index in [0.29, 0.717) is 12.0 Å². The SMILES string of the molecule is CCC(C)C(N)C1CCCCC1CC. The van der Waals surface area contributed by atoms with Crippen molar-refractivity contribution in [1.29, 1.82) is 0 Å². The molecule has 0 bridgehead atoms. The smallest absolute Gasteiger partial charge is 0.00955 e. The summed E-state index contributed by atoms with van der Waals surface area (Å²) in [4.78, 5) is 0. The molecule has 1 fully saturated rings. The van der Waals surface area contributed by atoms with Gasteiger partial charge in [0.2, 0.25) is 0 Å². The second-order valence-electron chi connectivity index (χ2n) is 5.08. The topological polar surface area (TPSA) is 26.0 Å². The first kappa shape index (κ1) is 12.0. The lowest BCUT2D eigenvalue weighted by molar-refractivity contribution is 0.164. The summed E-state index contributed by atoms with van der Waals surface area (Å²) in [6, 6.07) is 0.449. The first-order valence-corrected chi connectivity index (χ1v) is 6.46. The molecule has 0 heterocycles. The summed E-state index contributed by atoms with van der Waals surface area (Å²) in [5, 5.41) is 0. The molecule has 1 aliphatic carbocycles. The zero-order valence-electron chi connectivity index (χ0n) is 10.1. The maximum atomic E-state index is 6.37. The van der Waals surface area contributed by atoms with Crippen LogP contribution in [0.25, 0.3) is 0 Å². The third-order valence-corrected chi connectivity index (χ3v) is 4.29. The molecule has 84 valence electrons. The van der Waals surface area contributed by atoms with E-state index in [9.17, 15) is 0 Å². The molecule has 0 aromatic rings. The van der Waals surface area contributed by atoms with Gasteiger partial charge in [-0.15, -0.1) is 0 Å². The molecule has 1 rings (SSSR count). The molecular weight excluding hydrogens is 170 g/mol. The number of nitrogens with two attached hydrogens (primary N) is 1. The molecule has 0 aromatic carbocycles. The molecule has 4 atom stereocenters. The summed E-state index contributed by atoms with van der Waals surface area (Å²) in [7, 11) is 0. The van der Waals surface area contributed by atoms with Gasteiger partial charge in [-0.05, 0) is 24.2 Å². The van der Waals surface area contributed by atoms with Crippen LogP contribution in [0.2, 0.25) is 0 Å². The fourth-order valence-electron chi connectivity index (χ4n) is 2.94. The Balaban J connectivity index is 2.53. The van der Waals surface area contributed by atoms with Crippen LogP contribution in [0, 0.1) is 17.8 Å². The molecule has 0 aromatic heterocycles. The monoisotopic (exact) mass is 197 g/mol. The highest BCUT2D eigenvalue weighted by molar-refractivity contribution is 4.84. The maximum absolute atomic E-state index is 6.37. The Labute approximate surface area is 89.5 Å². The van der Waals surface area contributed by atoms with Gasteiger partial charge in [0.05, 0.1) is 0 Å².